The minimum atomic E-state index is -0.489. The van der Waals surface area contributed by atoms with Gasteiger partial charge < -0.3 is 9.73 Å². The number of aryl methyl sites for hydroxylation is 1. The third-order valence-corrected chi connectivity index (χ3v) is 2.57. The van der Waals surface area contributed by atoms with Gasteiger partial charge in [-0.25, -0.2) is 0 Å². The van der Waals surface area contributed by atoms with Crippen LogP contribution in [-0.4, -0.2) is 4.92 Å². The second kappa shape index (κ2) is 5.23. The lowest BCUT2D eigenvalue weighted by atomic mass is 10.2. The summed E-state index contributed by atoms with van der Waals surface area (Å²) in [7, 11) is 0. The number of hydrogen-bond donors (Lipinski definition) is 1. The predicted octanol–water partition coefficient (Wildman–Crippen LogP) is 2.98. The second-order valence-corrected chi connectivity index (χ2v) is 3.97. The number of nitriles is 1. The molecule has 2 rings (SSSR count). The Labute approximate surface area is 109 Å². The quantitative estimate of drug-likeness (QED) is 0.671. The van der Waals surface area contributed by atoms with Gasteiger partial charge in [0, 0.05) is 6.07 Å². The Morgan fingerprint density at radius 2 is 2.21 bits per heavy atom. The van der Waals surface area contributed by atoms with E-state index in [4.69, 9.17) is 9.68 Å². The van der Waals surface area contributed by atoms with Crippen LogP contribution in [-0.2, 0) is 6.54 Å². The summed E-state index contributed by atoms with van der Waals surface area (Å²) in [5.41, 5.74) is 0.601. The van der Waals surface area contributed by atoms with Gasteiger partial charge in [-0.1, -0.05) is 0 Å². The lowest BCUT2D eigenvalue weighted by molar-refractivity contribution is -0.384. The SMILES string of the molecule is Cc1ccc(CNc2cc(C#N)ccc2[N+](=O)[O-])o1. The molecule has 0 unspecified atom stereocenters. The van der Waals surface area contributed by atoms with E-state index in [9.17, 15) is 10.1 Å². The van der Waals surface area contributed by atoms with Crippen molar-refractivity contribution in [2.45, 2.75) is 13.5 Å². The van der Waals surface area contributed by atoms with Crippen LogP contribution in [0.5, 0.6) is 0 Å². The molecule has 0 amide bonds. The highest BCUT2D eigenvalue weighted by Gasteiger charge is 2.14. The van der Waals surface area contributed by atoms with Crippen LogP contribution < -0.4 is 5.32 Å². The van der Waals surface area contributed by atoms with Gasteiger partial charge in [-0.2, -0.15) is 5.26 Å². The topological polar surface area (TPSA) is 92.1 Å². The van der Waals surface area contributed by atoms with Gasteiger partial charge in [0.2, 0.25) is 0 Å². The van der Waals surface area contributed by atoms with Gasteiger partial charge in [-0.15, -0.1) is 0 Å². The number of anilines is 1. The first kappa shape index (κ1) is 12.6. The number of hydrogen-bond acceptors (Lipinski definition) is 5. The van der Waals surface area contributed by atoms with Gasteiger partial charge >= 0.3 is 0 Å². The monoisotopic (exact) mass is 257 g/mol. The molecule has 1 heterocycles. The molecule has 0 radical (unpaired) electrons. The minimum Gasteiger partial charge on any atom is -0.465 e. The van der Waals surface area contributed by atoms with Crippen LogP contribution >= 0.6 is 0 Å². The first-order valence-electron chi connectivity index (χ1n) is 5.58. The molecular weight excluding hydrogens is 246 g/mol. The molecule has 6 nitrogen and oxygen atoms in total. The van der Waals surface area contributed by atoms with Crippen molar-refractivity contribution in [3.63, 3.8) is 0 Å². The van der Waals surface area contributed by atoms with E-state index in [0.717, 1.165) is 5.76 Å². The highest BCUT2D eigenvalue weighted by atomic mass is 16.6. The Balaban J connectivity index is 2.22. The molecule has 96 valence electrons. The van der Waals surface area contributed by atoms with Crippen LogP contribution in [0.4, 0.5) is 11.4 Å². The molecule has 0 aliphatic rings. The molecule has 0 aliphatic carbocycles. The number of nitrogens with one attached hydrogen (secondary N) is 1. The Morgan fingerprint density at radius 3 is 2.79 bits per heavy atom. The lowest BCUT2D eigenvalue weighted by Gasteiger charge is -2.05. The normalized spacial score (nSPS) is 9.89. The van der Waals surface area contributed by atoms with Gasteiger partial charge in [0.25, 0.3) is 5.69 Å². The van der Waals surface area contributed by atoms with Gasteiger partial charge in [-0.05, 0) is 31.2 Å². The standard InChI is InChI=1S/C13H11N3O3/c1-9-2-4-11(19-9)8-15-12-6-10(7-14)3-5-13(12)16(17)18/h2-6,15H,8H2,1H3. The third kappa shape index (κ3) is 2.90. The molecule has 0 bridgehead atoms. The van der Waals surface area contributed by atoms with Crippen molar-refractivity contribution >= 4 is 11.4 Å². The van der Waals surface area contributed by atoms with Crippen LogP contribution in [0.15, 0.2) is 34.7 Å². The van der Waals surface area contributed by atoms with E-state index in [-0.39, 0.29) is 5.69 Å². The molecule has 1 aromatic heterocycles. The number of benzene rings is 1. The van der Waals surface area contributed by atoms with Crippen molar-refractivity contribution in [3.8, 4) is 6.07 Å². The zero-order valence-corrected chi connectivity index (χ0v) is 10.2. The van der Waals surface area contributed by atoms with Gasteiger partial charge in [0.05, 0.1) is 23.1 Å². The maximum atomic E-state index is 10.9. The molecule has 1 aromatic carbocycles. The second-order valence-electron chi connectivity index (χ2n) is 3.97. The summed E-state index contributed by atoms with van der Waals surface area (Å²) in [6, 6.07) is 9.74. The van der Waals surface area contributed by atoms with Gasteiger partial charge in [0.15, 0.2) is 0 Å². The minimum absolute atomic E-state index is 0.0673. The fourth-order valence-corrected chi connectivity index (χ4v) is 1.67. The summed E-state index contributed by atoms with van der Waals surface area (Å²) in [5, 5.41) is 22.6. The highest BCUT2D eigenvalue weighted by Crippen LogP contribution is 2.25. The van der Waals surface area contributed by atoms with Crippen LogP contribution in [0.2, 0.25) is 0 Å². The van der Waals surface area contributed by atoms with E-state index in [1.165, 1.54) is 18.2 Å². The average Bonchev–Trinajstić information content (AvgIpc) is 2.81. The summed E-state index contributed by atoms with van der Waals surface area (Å²) in [6.45, 7) is 2.14. The molecule has 0 fully saturated rings. The molecule has 2 aromatic rings. The number of nitrogens with zero attached hydrogens (tertiary/aromatic N) is 2. The summed E-state index contributed by atoms with van der Waals surface area (Å²) in [5.74, 6) is 1.45. The Kier molecular flexibility index (Phi) is 3.48. The zero-order chi connectivity index (χ0) is 13.8. The first-order chi connectivity index (χ1) is 9.10. The summed E-state index contributed by atoms with van der Waals surface area (Å²) in [6.07, 6.45) is 0. The maximum Gasteiger partial charge on any atom is 0.292 e. The fourth-order valence-electron chi connectivity index (χ4n) is 1.67. The van der Waals surface area contributed by atoms with Crippen LogP contribution in [0.3, 0.4) is 0 Å². The summed E-state index contributed by atoms with van der Waals surface area (Å²) < 4.78 is 5.36. The van der Waals surface area contributed by atoms with E-state index in [1.807, 2.05) is 19.1 Å². The van der Waals surface area contributed by atoms with Gasteiger partial charge in [-0.3, -0.25) is 10.1 Å². The summed E-state index contributed by atoms with van der Waals surface area (Å²) in [4.78, 5) is 10.4. The smallest absolute Gasteiger partial charge is 0.292 e. The molecule has 0 saturated carbocycles. The maximum absolute atomic E-state index is 10.9. The number of nitro benzene ring substituents is 1. The molecular formula is C13H11N3O3. The molecule has 0 atom stereocenters. The molecule has 0 spiro atoms. The molecule has 1 N–H and O–H groups in total. The van der Waals surface area contributed by atoms with Crippen LogP contribution in [0, 0.1) is 28.4 Å². The van der Waals surface area contributed by atoms with E-state index in [0.29, 0.717) is 23.6 Å². The molecule has 0 aliphatic heterocycles. The zero-order valence-electron chi connectivity index (χ0n) is 10.2. The molecule has 0 saturated heterocycles. The number of rotatable bonds is 4. The van der Waals surface area contributed by atoms with Crippen molar-refractivity contribution in [2.75, 3.05) is 5.32 Å². The predicted molar refractivity (Wildman–Crippen MR) is 68.6 cm³/mol. The number of nitro groups is 1. The molecule has 6 heteroatoms. The average molecular weight is 257 g/mol. The Bertz CT molecular complexity index is 655. The van der Waals surface area contributed by atoms with Crippen LogP contribution in [0.25, 0.3) is 0 Å². The van der Waals surface area contributed by atoms with Gasteiger partial charge in [0.1, 0.15) is 17.2 Å². The van der Waals surface area contributed by atoms with E-state index >= 15 is 0 Å². The Morgan fingerprint density at radius 1 is 1.42 bits per heavy atom. The van der Waals surface area contributed by atoms with E-state index in [2.05, 4.69) is 5.32 Å². The van der Waals surface area contributed by atoms with Crippen molar-refractivity contribution in [1.29, 1.82) is 5.26 Å². The fraction of sp³-hybridized carbons (Fsp3) is 0.154. The van der Waals surface area contributed by atoms with Crippen molar-refractivity contribution < 1.29 is 9.34 Å². The molecule has 19 heavy (non-hydrogen) atoms. The summed E-state index contributed by atoms with van der Waals surface area (Å²) >= 11 is 0. The Hall–Kier alpha value is -2.81. The lowest BCUT2D eigenvalue weighted by Crippen LogP contribution is -2.02. The van der Waals surface area contributed by atoms with E-state index < -0.39 is 4.92 Å². The number of furan rings is 1. The van der Waals surface area contributed by atoms with Crippen LogP contribution in [0.1, 0.15) is 17.1 Å². The first-order valence-corrected chi connectivity index (χ1v) is 5.58. The van der Waals surface area contributed by atoms with Crippen molar-refractivity contribution in [3.05, 3.63) is 57.5 Å². The third-order valence-electron chi connectivity index (χ3n) is 2.57. The highest BCUT2D eigenvalue weighted by molar-refractivity contribution is 5.64. The largest absolute Gasteiger partial charge is 0.465 e. The van der Waals surface area contributed by atoms with Crippen molar-refractivity contribution in [1.82, 2.24) is 0 Å². The van der Waals surface area contributed by atoms with Crippen molar-refractivity contribution in [2.24, 2.45) is 0 Å². The van der Waals surface area contributed by atoms with E-state index in [1.54, 1.807) is 6.07 Å².